The van der Waals surface area contributed by atoms with Gasteiger partial charge in [0, 0.05) is 12.6 Å². The van der Waals surface area contributed by atoms with E-state index in [9.17, 15) is 8.42 Å². The lowest BCUT2D eigenvalue weighted by Gasteiger charge is -2.18. The van der Waals surface area contributed by atoms with E-state index in [1.807, 2.05) is 0 Å². The Morgan fingerprint density at radius 2 is 2.00 bits per heavy atom. The van der Waals surface area contributed by atoms with Gasteiger partial charge in [0.05, 0.1) is 11.0 Å². The molecule has 0 aliphatic heterocycles. The number of sulfone groups is 1. The Morgan fingerprint density at radius 3 is 2.44 bits per heavy atom. The first-order chi connectivity index (χ1) is 7.23. The number of hydrogen-bond acceptors (Lipinski definition) is 3. The first kappa shape index (κ1) is 14.0. The Bertz CT molecular complexity index is 320. The smallest absolute Gasteiger partial charge is 0.153 e. The van der Waals surface area contributed by atoms with E-state index in [0.29, 0.717) is 18.0 Å². The maximum atomic E-state index is 11.6. The van der Waals surface area contributed by atoms with E-state index in [4.69, 9.17) is 0 Å². The summed E-state index contributed by atoms with van der Waals surface area (Å²) in [6.07, 6.45) is 3.57. The normalized spacial score (nSPS) is 25.2. The molecule has 1 rings (SSSR count). The summed E-state index contributed by atoms with van der Waals surface area (Å²) >= 11 is 0. The van der Waals surface area contributed by atoms with Crippen LogP contribution >= 0.6 is 0 Å². The molecule has 16 heavy (non-hydrogen) atoms. The number of rotatable bonds is 5. The highest BCUT2D eigenvalue weighted by molar-refractivity contribution is 7.92. The Balaban J connectivity index is 2.28. The van der Waals surface area contributed by atoms with Crippen molar-refractivity contribution >= 4 is 9.84 Å². The van der Waals surface area contributed by atoms with E-state index in [1.54, 1.807) is 13.8 Å². The summed E-state index contributed by atoms with van der Waals surface area (Å²) in [4.78, 5) is 0. The maximum absolute atomic E-state index is 11.6. The van der Waals surface area contributed by atoms with Gasteiger partial charge in [0.25, 0.3) is 0 Å². The lowest BCUT2D eigenvalue weighted by atomic mass is 9.92. The molecule has 0 saturated heterocycles. The standard InChI is InChI=1S/C12H25NO2S/c1-10(2)16(14,15)8-7-13-11-5-6-12(3,4)9-11/h10-11,13H,5-9H2,1-4H3. The molecule has 0 aromatic heterocycles. The summed E-state index contributed by atoms with van der Waals surface area (Å²) in [5, 5.41) is 3.11. The second-order valence-corrected chi connectivity index (χ2v) is 8.65. The third-order valence-electron chi connectivity index (χ3n) is 3.51. The molecule has 0 radical (unpaired) electrons. The second kappa shape index (κ2) is 5.05. The molecule has 1 N–H and O–H groups in total. The summed E-state index contributed by atoms with van der Waals surface area (Å²) in [6, 6.07) is 0.511. The predicted molar refractivity (Wildman–Crippen MR) is 68.3 cm³/mol. The molecule has 1 aliphatic carbocycles. The maximum Gasteiger partial charge on any atom is 0.153 e. The van der Waals surface area contributed by atoms with E-state index in [-0.39, 0.29) is 11.0 Å². The summed E-state index contributed by atoms with van der Waals surface area (Å²) in [5.74, 6) is 0.265. The Hall–Kier alpha value is -0.0900. The fourth-order valence-corrected chi connectivity index (χ4v) is 3.13. The highest BCUT2D eigenvalue weighted by Crippen LogP contribution is 2.36. The van der Waals surface area contributed by atoms with Gasteiger partial charge in [-0.1, -0.05) is 13.8 Å². The van der Waals surface area contributed by atoms with Crippen molar-refractivity contribution in [1.82, 2.24) is 5.32 Å². The molecule has 96 valence electrons. The highest BCUT2D eigenvalue weighted by atomic mass is 32.2. The number of hydrogen-bond donors (Lipinski definition) is 1. The average molecular weight is 247 g/mol. The lowest BCUT2D eigenvalue weighted by molar-refractivity contribution is 0.366. The third kappa shape index (κ3) is 4.06. The van der Waals surface area contributed by atoms with Gasteiger partial charge in [-0.3, -0.25) is 0 Å². The molecule has 1 atom stereocenters. The predicted octanol–water partition coefficient (Wildman–Crippen LogP) is 1.98. The summed E-state index contributed by atoms with van der Waals surface area (Å²) in [5.41, 5.74) is 0.425. The lowest BCUT2D eigenvalue weighted by Crippen LogP contribution is -2.33. The van der Waals surface area contributed by atoms with Gasteiger partial charge < -0.3 is 5.32 Å². The fourth-order valence-electron chi connectivity index (χ4n) is 2.25. The average Bonchev–Trinajstić information content (AvgIpc) is 2.45. The van der Waals surface area contributed by atoms with Crippen LogP contribution in [0.15, 0.2) is 0 Å². The molecule has 1 aliphatic rings. The van der Waals surface area contributed by atoms with Crippen LogP contribution in [0, 0.1) is 5.41 Å². The van der Waals surface area contributed by atoms with E-state index >= 15 is 0 Å². The van der Waals surface area contributed by atoms with E-state index in [0.717, 1.165) is 6.42 Å². The molecule has 1 fully saturated rings. The van der Waals surface area contributed by atoms with Crippen LogP contribution in [-0.4, -0.2) is 32.0 Å². The van der Waals surface area contributed by atoms with Gasteiger partial charge in [-0.05, 0) is 38.5 Å². The largest absolute Gasteiger partial charge is 0.313 e. The molecular formula is C12H25NO2S. The SMILES string of the molecule is CC(C)S(=O)(=O)CCNC1CCC(C)(C)C1. The topological polar surface area (TPSA) is 46.2 Å². The van der Waals surface area contributed by atoms with Crippen molar-refractivity contribution < 1.29 is 8.42 Å². The zero-order valence-electron chi connectivity index (χ0n) is 10.9. The fraction of sp³-hybridized carbons (Fsp3) is 1.00. The van der Waals surface area contributed by atoms with Gasteiger partial charge in [-0.15, -0.1) is 0 Å². The van der Waals surface area contributed by atoms with Crippen LogP contribution < -0.4 is 5.32 Å². The zero-order valence-corrected chi connectivity index (χ0v) is 11.7. The van der Waals surface area contributed by atoms with E-state index in [1.165, 1.54) is 12.8 Å². The van der Waals surface area contributed by atoms with Crippen LogP contribution in [0.3, 0.4) is 0 Å². The van der Waals surface area contributed by atoms with Gasteiger partial charge in [0.1, 0.15) is 0 Å². The summed E-state index contributed by atoms with van der Waals surface area (Å²) < 4.78 is 23.2. The quantitative estimate of drug-likeness (QED) is 0.808. The molecule has 1 saturated carbocycles. The first-order valence-corrected chi connectivity index (χ1v) is 7.89. The molecule has 0 aromatic rings. The Kier molecular flexibility index (Phi) is 4.41. The minimum atomic E-state index is -2.88. The molecule has 0 bridgehead atoms. The molecule has 0 aromatic carbocycles. The van der Waals surface area contributed by atoms with Crippen molar-refractivity contribution in [2.75, 3.05) is 12.3 Å². The van der Waals surface area contributed by atoms with Crippen LogP contribution in [0.1, 0.15) is 47.0 Å². The molecule has 4 heteroatoms. The molecule has 1 unspecified atom stereocenters. The highest BCUT2D eigenvalue weighted by Gasteiger charge is 2.30. The molecule has 3 nitrogen and oxygen atoms in total. The Morgan fingerprint density at radius 1 is 1.38 bits per heavy atom. The number of nitrogens with one attached hydrogen (secondary N) is 1. The molecule has 0 spiro atoms. The first-order valence-electron chi connectivity index (χ1n) is 6.18. The Labute approximate surface area is 99.9 Å². The van der Waals surface area contributed by atoms with Crippen LogP contribution in [0.4, 0.5) is 0 Å². The van der Waals surface area contributed by atoms with Crippen LogP contribution in [0.2, 0.25) is 0 Å². The van der Waals surface area contributed by atoms with Crippen molar-refractivity contribution in [1.29, 1.82) is 0 Å². The minimum absolute atomic E-state index is 0.255. The van der Waals surface area contributed by atoms with Crippen molar-refractivity contribution in [3.8, 4) is 0 Å². The minimum Gasteiger partial charge on any atom is -0.313 e. The van der Waals surface area contributed by atoms with Gasteiger partial charge in [-0.2, -0.15) is 0 Å². The van der Waals surface area contributed by atoms with Gasteiger partial charge >= 0.3 is 0 Å². The van der Waals surface area contributed by atoms with Crippen LogP contribution in [-0.2, 0) is 9.84 Å². The zero-order chi connectivity index (χ0) is 12.4. The summed E-state index contributed by atoms with van der Waals surface area (Å²) in [7, 11) is -2.88. The third-order valence-corrected chi connectivity index (χ3v) is 5.72. The summed E-state index contributed by atoms with van der Waals surface area (Å²) in [6.45, 7) is 8.64. The van der Waals surface area contributed by atoms with Crippen molar-refractivity contribution in [3.05, 3.63) is 0 Å². The van der Waals surface area contributed by atoms with E-state index < -0.39 is 9.84 Å². The van der Waals surface area contributed by atoms with Gasteiger partial charge in [0.2, 0.25) is 0 Å². The monoisotopic (exact) mass is 247 g/mol. The van der Waals surface area contributed by atoms with Crippen LogP contribution in [0.5, 0.6) is 0 Å². The molecule has 0 amide bonds. The van der Waals surface area contributed by atoms with Crippen LogP contribution in [0.25, 0.3) is 0 Å². The van der Waals surface area contributed by atoms with Crippen molar-refractivity contribution in [2.24, 2.45) is 5.41 Å². The molecule has 0 heterocycles. The van der Waals surface area contributed by atoms with Gasteiger partial charge in [-0.25, -0.2) is 8.42 Å². The van der Waals surface area contributed by atoms with E-state index in [2.05, 4.69) is 19.2 Å². The van der Waals surface area contributed by atoms with Gasteiger partial charge in [0.15, 0.2) is 9.84 Å². The second-order valence-electron chi connectivity index (χ2n) is 5.97. The molecular weight excluding hydrogens is 222 g/mol. The van der Waals surface area contributed by atoms with Crippen molar-refractivity contribution in [3.63, 3.8) is 0 Å². The van der Waals surface area contributed by atoms with Crippen molar-refractivity contribution in [2.45, 2.75) is 58.2 Å².